The SMILES string of the molecule is FC(F)(F)c1cccc(SCc2csc(Cc3ccc(Cl)c(Cl)c3)n2)c1. The first-order valence-electron chi connectivity index (χ1n) is 7.48. The number of rotatable bonds is 5. The molecule has 0 aliphatic heterocycles. The predicted octanol–water partition coefficient (Wildman–Crippen LogP) is 7.35. The van der Waals surface area contributed by atoms with Gasteiger partial charge < -0.3 is 0 Å². The Morgan fingerprint density at radius 3 is 2.58 bits per heavy atom. The number of halogens is 5. The van der Waals surface area contributed by atoms with Crippen LogP contribution < -0.4 is 0 Å². The normalized spacial score (nSPS) is 11.7. The van der Waals surface area contributed by atoms with Crippen LogP contribution in [0, 0.1) is 0 Å². The quantitative estimate of drug-likeness (QED) is 0.390. The first kappa shape index (κ1) is 19.5. The van der Waals surface area contributed by atoms with Gasteiger partial charge in [0.15, 0.2) is 0 Å². The lowest BCUT2D eigenvalue weighted by Crippen LogP contribution is -2.04. The molecule has 3 rings (SSSR count). The average Bonchev–Trinajstić information content (AvgIpc) is 3.03. The monoisotopic (exact) mass is 433 g/mol. The van der Waals surface area contributed by atoms with Crippen LogP contribution in [0.25, 0.3) is 0 Å². The third-order valence-electron chi connectivity index (χ3n) is 3.49. The molecule has 3 aromatic rings. The lowest BCUT2D eigenvalue weighted by atomic mass is 10.2. The van der Waals surface area contributed by atoms with Crippen molar-refractivity contribution in [1.29, 1.82) is 0 Å². The fraction of sp³-hybridized carbons (Fsp3) is 0.167. The van der Waals surface area contributed by atoms with Crippen molar-refractivity contribution in [1.82, 2.24) is 4.98 Å². The second-order valence-corrected chi connectivity index (χ2v) is 8.28. The van der Waals surface area contributed by atoms with Crippen LogP contribution in [0.1, 0.15) is 21.8 Å². The molecule has 1 nitrogen and oxygen atoms in total. The molecule has 0 amide bonds. The second kappa shape index (κ2) is 8.21. The van der Waals surface area contributed by atoms with Crippen molar-refractivity contribution in [3.05, 3.63) is 79.7 Å². The first-order valence-corrected chi connectivity index (χ1v) is 10.1. The highest BCUT2D eigenvalue weighted by Crippen LogP contribution is 2.33. The van der Waals surface area contributed by atoms with E-state index in [1.807, 2.05) is 17.5 Å². The van der Waals surface area contributed by atoms with E-state index in [4.69, 9.17) is 23.2 Å². The van der Waals surface area contributed by atoms with Gasteiger partial charge in [0.25, 0.3) is 0 Å². The van der Waals surface area contributed by atoms with Crippen LogP contribution in [-0.2, 0) is 18.3 Å². The van der Waals surface area contributed by atoms with Gasteiger partial charge in [-0.1, -0.05) is 35.3 Å². The molecule has 26 heavy (non-hydrogen) atoms. The van der Waals surface area contributed by atoms with Crippen molar-refractivity contribution < 1.29 is 13.2 Å². The van der Waals surface area contributed by atoms with Gasteiger partial charge in [-0.25, -0.2) is 4.98 Å². The van der Waals surface area contributed by atoms with Crippen molar-refractivity contribution in [2.45, 2.75) is 23.2 Å². The lowest BCUT2D eigenvalue weighted by molar-refractivity contribution is -0.137. The third-order valence-corrected chi connectivity index (χ3v) is 6.15. The molecular formula is C18H12Cl2F3NS2. The minimum atomic E-state index is -4.33. The summed E-state index contributed by atoms with van der Waals surface area (Å²) in [5.41, 5.74) is 1.21. The summed E-state index contributed by atoms with van der Waals surface area (Å²) in [4.78, 5) is 5.11. The highest BCUT2D eigenvalue weighted by atomic mass is 35.5. The maximum Gasteiger partial charge on any atom is 0.416 e. The molecule has 0 saturated carbocycles. The van der Waals surface area contributed by atoms with Gasteiger partial charge in [-0.05, 0) is 35.9 Å². The topological polar surface area (TPSA) is 12.9 Å². The Morgan fingerprint density at radius 1 is 1.04 bits per heavy atom. The van der Waals surface area contributed by atoms with Crippen LogP contribution in [0.2, 0.25) is 10.0 Å². The highest BCUT2D eigenvalue weighted by molar-refractivity contribution is 7.98. The number of hydrogen-bond donors (Lipinski definition) is 0. The minimum Gasteiger partial charge on any atom is -0.245 e. The molecule has 0 bridgehead atoms. The molecule has 136 valence electrons. The van der Waals surface area contributed by atoms with E-state index in [1.54, 1.807) is 12.1 Å². The largest absolute Gasteiger partial charge is 0.416 e. The molecule has 1 aromatic heterocycles. The maximum atomic E-state index is 12.8. The average molecular weight is 434 g/mol. The summed E-state index contributed by atoms with van der Waals surface area (Å²) in [5.74, 6) is 0.513. The molecule has 0 aliphatic rings. The van der Waals surface area contributed by atoms with Crippen molar-refractivity contribution >= 4 is 46.3 Å². The van der Waals surface area contributed by atoms with E-state index in [0.717, 1.165) is 28.4 Å². The van der Waals surface area contributed by atoms with Crippen LogP contribution in [-0.4, -0.2) is 4.98 Å². The fourth-order valence-corrected chi connectivity index (χ4v) is 4.34. The summed E-state index contributed by atoms with van der Waals surface area (Å²) in [7, 11) is 0. The van der Waals surface area contributed by atoms with Gasteiger partial charge >= 0.3 is 6.18 Å². The van der Waals surface area contributed by atoms with Gasteiger partial charge in [0, 0.05) is 22.4 Å². The van der Waals surface area contributed by atoms with Gasteiger partial charge in [-0.15, -0.1) is 23.1 Å². The van der Waals surface area contributed by atoms with E-state index in [1.165, 1.54) is 29.2 Å². The Labute approximate surface area is 167 Å². The van der Waals surface area contributed by atoms with Gasteiger partial charge in [-0.3, -0.25) is 0 Å². The smallest absolute Gasteiger partial charge is 0.245 e. The van der Waals surface area contributed by atoms with Gasteiger partial charge in [0.2, 0.25) is 0 Å². The second-order valence-electron chi connectivity index (χ2n) is 5.47. The maximum absolute atomic E-state index is 12.8. The van der Waals surface area contributed by atoms with Crippen molar-refractivity contribution in [3.63, 3.8) is 0 Å². The van der Waals surface area contributed by atoms with E-state index < -0.39 is 11.7 Å². The molecule has 0 radical (unpaired) electrons. The Morgan fingerprint density at radius 2 is 1.85 bits per heavy atom. The van der Waals surface area contributed by atoms with Crippen molar-refractivity contribution in [2.75, 3.05) is 0 Å². The lowest BCUT2D eigenvalue weighted by Gasteiger charge is -2.07. The highest BCUT2D eigenvalue weighted by Gasteiger charge is 2.30. The summed E-state index contributed by atoms with van der Waals surface area (Å²) in [5, 5.41) is 3.85. The summed E-state index contributed by atoms with van der Waals surface area (Å²) < 4.78 is 38.3. The number of hydrogen-bond acceptors (Lipinski definition) is 3. The Hall–Kier alpha value is -1.21. The van der Waals surface area contributed by atoms with E-state index in [0.29, 0.717) is 27.1 Å². The Bertz CT molecular complexity index is 909. The molecule has 8 heteroatoms. The van der Waals surface area contributed by atoms with E-state index in [9.17, 15) is 13.2 Å². The molecule has 1 heterocycles. The zero-order valence-electron chi connectivity index (χ0n) is 13.2. The van der Waals surface area contributed by atoms with Gasteiger partial charge in [-0.2, -0.15) is 13.2 Å². The zero-order valence-corrected chi connectivity index (χ0v) is 16.3. The van der Waals surface area contributed by atoms with Crippen LogP contribution in [0.3, 0.4) is 0 Å². The summed E-state index contributed by atoms with van der Waals surface area (Å²) in [6, 6.07) is 10.8. The molecule has 0 atom stereocenters. The molecule has 0 spiro atoms. The summed E-state index contributed by atoms with van der Waals surface area (Å²) in [6.45, 7) is 0. The summed E-state index contributed by atoms with van der Waals surface area (Å²) in [6.07, 6.45) is -3.69. The predicted molar refractivity (Wildman–Crippen MR) is 102 cm³/mol. The third kappa shape index (κ3) is 5.16. The van der Waals surface area contributed by atoms with E-state index >= 15 is 0 Å². The molecule has 0 saturated heterocycles. The molecule has 0 aliphatic carbocycles. The van der Waals surface area contributed by atoms with E-state index in [2.05, 4.69) is 4.98 Å². The summed E-state index contributed by atoms with van der Waals surface area (Å²) >= 11 is 14.8. The van der Waals surface area contributed by atoms with Gasteiger partial charge in [0.1, 0.15) is 0 Å². The number of aromatic nitrogens is 1. The molecule has 0 N–H and O–H groups in total. The molecule has 2 aromatic carbocycles. The first-order chi connectivity index (χ1) is 12.3. The zero-order chi connectivity index (χ0) is 18.7. The Kier molecular flexibility index (Phi) is 6.17. The number of thiazole rings is 1. The van der Waals surface area contributed by atoms with Crippen LogP contribution in [0.15, 0.2) is 52.7 Å². The number of benzene rings is 2. The fourth-order valence-electron chi connectivity index (χ4n) is 2.24. The van der Waals surface area contributed by atoms with Crippen LogP contribution in [0.5, 0.6) is 0 Å². The van der Waals surface area contributed by atoms with Crippen molar-refractivity contribution in [3.8, 4) is 0 Å². The van der Waals surface area contributed by atoms with Crippen LogP contribution >= 0.6 is 46.3 Å². The number of nitrogens with zero attached hydrogens (tertiary/aromatic N) is 1. The van der Waals surface area contributed by atoms with Gasteiger partial charge in [0.05, 0.1) is 26.3 Å². The number of alkyl halides is 3. The molecular weight excluding hydrogens is 422 g/mol. The minimum absolute atomic E-state index is 0.501. The van der Waals surface area contributed by atoms with E-state index in [-0.39, 0.29) is 0 Å². The number of thioether (sulfide) groups is 1. The molecule has 0 fully saturated rings. The van der Waals surface area contributed by atoms with Crippen molar-refractivity contribution in [2.24, 2.45) is 0 Å². The Balaban J connectivity index is 1.63. The molecule has 0 unspecified atom stereocenters. The van der Waals surface area contributed by atoms with Crippen LogP contribution in [0.4, 0.5) is 13.2 Å². The standard InChI is InChI=1S/C18H12Cl2F3NS2/c19-15-5-4-11(6-16(15)20)7-17-24-13(10-26-17)9-25-14-3-1-2-12(8-14)18(21,22)23/h1-6,8,10H,7,9H2.